The van der Waals surface area contributed by atoms with Gasteiger partial charge in [-0.05, 0) is 42.7 Å². The van der Waals surface area contributed by atoms with Gasteiger partial charge in [0.1, 0.15) is 0 Å². The molecule has 2 rings (SSSR count). The second kappa shape index (κ2) is 7.53. The Kier molecular flexibility index (Phi) is 5.71. The van der Waals surface area contributed by atoms with Crippen LogP contribution in [-0.2, 0) is 10.5 Å². The molecule has 0 saturated heterocycles. The van der Waals surface area contributed by atoms with Crippen LogP contribution in [0.4, 0.5) is 5.69 Å². The molecule has 0 aliphatic carbocycles. The second-order valence-corrected chi connectivity index (χ2v) is 6.36. The molecule has 2 aromatic rings. The van der Waals surface area contributed by atoms with Crippen LogP contribution in [0.1, 0.15) is 16.7 Å². The van der Waals surface area contributed by atoms with Gasteiger partial charge in [0.2, 0.25) is 5.91 Å². The van der Waals surface area contributed by atoms with Crippen molar-refractivity contribution in [3.63, 3.8) is 0 Å². The van der Waals surface area contributed by atoms with Crippen LogP contribution in [0.5, 0.6) is 0 Å². The summed E-state index contributed by atoms with van der Waals surface area (Å²) in [7, 11) is 0. The zero-order valence-electron chi connectivity index (χ0n) is 12.2. The Bertz CT molecular complexity index is 605. The topological polar surface area (TPSA) is 29.1 Å². The quantitative estimate of drug-likeness (QED) is 0.855. The number of nitrogens with one attached hydrogen (secondary N) is 1. The zero-order chi connectivity index (χ0) is 15.2. The molecule has 2 aromatic carbocycles. The van der Waals surface area contributed by atoms with Crippen LogP contribution in [0.3, 0.4) is 0 Å². The first-order valence-electron chi connectivity index (χ1n) is 6.74. The molecule has 0 fully saturated rings. The number of para-hydroxylation sites is 1. The molecule has 0 aliphatic rings. The Morgan fingerprint density at radius 1 is 1.10 bits per heavy atom. The fraction of sp³-hybridized carbons (Fsp3) is 0.235. The van der Waals surface area contributed by atoms with E-state index in [-0.39, 0.29) is 5.91 Å². The van der Waals surface area contributed by atoms with E-state index in [1.165, 1.54) is 5.56 Å². The maximum Gasteiger partial charge on any atom is 0.234 e. The summed E-state index contributed by atoms with van der Waals surface area (Å²) in [6.45, 7) is 4.01. The molecule has 110 valence electrons. The monoisotopic (exact) mass is 319 g/mol. The number of halogens is 1. The van der Waals surface area contributed by atoms with Gasteiger partial charge < -0.3 is 5.32 Å². The minimum atomic E-state index is 0.0337. The number of aryl methyl sites for hydroxylation is 2. The molecule has 1 N–H and O–H groups in total. The Hall–Kier alpha value is -1.45. The molecular formula is C17H18ClNOS. The molecule has 0 spiro atoms. The lowest BCUT2D eigenvalue weighted by atomic mass is 10.1. The first-order valence-corrected chi connectivity index (χ1v) is 8.28. The van der Waals surface area contributed by atoms with E-state index in [1.807, 2.05) is 56.3 Å². The lowest BCUT2D eigenvalue weighted by Crippen LogP contribution is -2.15. The highest BCUT2D eigenvalue weighted by Gasteiger charge is 2.07. The number of anilines is 1. The molecule has 0 radical (unpaired) electrons. The maximum atomic E-state index is 12.0. The average Bonchev–Trinajstić information content (AvgIpc) is 2.45. The molecule has 0 aromatic heterocycles. The van der Waals surface area contributed by atoms with Gasteiger partial charge in [0.15, 0.2) is 0 Å². The lowest BCUT2D eigenvalue weighted by molar-refractivity contribution is -0.113. The fourth-order valence-electron chi connectivity index (χ4n) is 2.03. The van der Waals surface area contributed by atoms with E-state index in [2.05, 4.69) is 5.32 Å². The van der Waals surface area contributed by atoms with E-state index in [4.69, 9.17) is 11.6 Å². The molecule has 0 bridgehead atoms. The number of hydrogen-bond donors (Lipinski definition) is 1. The summed E-state index contributed by atoms with van der Waals surface area (Å²) in [6, 6.07) is 13.7. The highest BCUT2D eigenvalue weighted by Crippen LogP contribution is 2.20. The standard InChI is InChI=1S/C17H18ClNOS/c1-12-4-3-5-13(2)17(12)19-16(20)11-21-10-14-6-8-15(18)9-7-14/h3-9H,10-11H2,1-2H3,(H,19,20). The van der Waals surface area contributed by atoms with Crippen LogP contribution >= 0.6 is 23.4 Å². The van der Waals surface area contributed by atoms with Crippen LogP contribution in [-0.4, -0.2) is 11.7 Å². The van der Waals surface area contributed by atoms with Gasteiger partial charge in [-0.1, -0.05) is 41.9 Å². The predicted octanol–water partition coefficient (Wildman–Crippen LogP) is 4.83. The molecule has 4 heteroatoms. The summed E-state index contributed by atoms with van der Waals surface area (Å²) in [4.78, 5) is 12.0. The van der Waals surface area contributed by atoms with Crippen molar-refractivity contribution in [2.75, 3.05) is 11.1 Å². The van der Waals surface area contributed by atoms with Gasteiger partial charge in [-0.3, -0.25) is 4.79 Å². The van der Waals surface area contributed by atoms with Crippen LogP contribution < -0.4 is 5.32 Å². The van der Waals surface area contributed by atoms with Crippen molar-refractivity contribution in [1.82, 2.24) is 0 Å². The Morgan fingerprint density at radius 2 is 1.71 bits per heavy atom. The molecule has 2 nitrogen and oxygen atoms in total. The molecule has 0 heterocycles. The Labute approximate surface area is 134 Å². The van der Waals surface area contributed by atoms with Crippen LogP contribution in [0.15, 0.2) is 42.5 Å². The fourth-order valence-corrected chi connectivity index (χ4v) is 2.94. The molecule has 1 amide bonds. The SMILES string of the molecule is Cc1cccc(C)c1NC(=O)CSCc1ccc(Cl)cc1. The molecule has 21 heavy (non-hydrogen) atoms. The van der Waals surface area contributed by atoms with Gasteiger partial charge in [0.25, 0.3) is 0 Å². The second-order valence-electron chi connectivity index (χ2n) is 4.93. The van der Waals surface area contributed by atoms with Crippen molar-refractivity contribution in [3.05, 3.63) is 64.2 Å². The van der Waals surface area contributed by atoms with Crippen molar-refractivity contribution in [1.29, 1.82) is 0 Å². The highest BCUT2D eigenvalue weighted by molar-refractivity contribution is 7.99. The number of hydrogen-bond acceptors (Lipinski definition) is 2. The zero-order valence-corrected chi connectivity index (χ0v) is 13.7. The van der Waals surface area contributed by atoms with Crippen molar-refractivity contribution in [2.45, 2.75) is 19.6 Å². The largest absolute Gasteiger partial charge is 0.325 e. The van der Waals surface area contributed by atoms with Crippen LogP contribution in [0.25, 0.3) is 0 Å². The van der Waals surface area contributed by atoms with Crippen molar-refractivity contribution in [2.24, 2.45) is 0 Å². The first kappa shape index (κ1) is 15.9. The molecular weight excluding hydrogens is 302 g/mol. The molecule has 0 unspecified atom stereocenters. The van der Waals surface area contributed by atoms with Gasteiger partial charge in [0, 0.05) is 16.5 Å². The molecule has 0 atom stereocenters. The van der Waals surface area contributed by atoms with Gasteiger partial charge >= 0.3 is 0 Å². The number of carbonyl (C=O) groups excluding carboxylic acids is 1. The van der Waals surface area contributed by atoms with Gasteiger partial charge in [-0.2, -0.15) is 0 Å². The van der Waals surface area contributed by atoms with Crippen molar-refractivity contribution < 1.29 is 4.79 Å². The predicted molar refractivity (Wildman–Crippen MR) is 92.2 cm³/mol. The molecule has 0 saturated carbocycles. The van der Waals surface area contributed by atoms with E-state index >= 15 is 0 Å². The van der Waals surface area contributed by atoms with Gasteiger partial charge in [-0.15, -0.1) is 11.8 Å². The van der Waals surface area contributed by atoms with E-state index < -0.39 is 0 Å². The summed E-state index contributed by atoms with van der Waals surface area (Å²) in [5.74, 6) is 1.28. The van der Waals surface area contributed by atoms with E-state index in [0.29, 0.717) is 5.75 Å². The van der Waals surface area contributed by atoms with Crippen molar-refractivity contribution >= 4 is 35.0 Å². The van der Waals surface area contributed by atoms with Gasteiger partial charge in [-0.25, -0.2) is 0 Å². The summed E-state index contributed by atoms with van der Waals surface area (Å²) < 4.78 is 0. The number of benzene rings is 2. The highest BCUT2D eigenvalue weighted by atomic mass is 35.5. The minimum Gasteiger partial charge on any atom is -0.325 e. The third kappa shape index (κ3) is 4.80. The first-order chi connectivity index (χ1) is 10.1. The summed E-state index contributed by atoms with van der Waals surface area (Å²) in [6.07, 6.45) is 0. The summed E-state index contributed by atoms with van der Waals surface area (Å²) in [5.41, 5.74) is 4.27. The Morgan fingerprint density at radius 3 is 2.33 bits per heavy atom. The maximum absolute atomic E-state index is 12.0. The van der Waals surface area contributed by atoms with Crippen LogP contribution in [0, 0.1) is 13.8 Å². The summed E-state index contributed by atoms with van der Waals surface area (Å²) in [5, 5.41) is 3.73. The third-order valence-corrected chi connectivity index (χ3v) is 4.42. The normalized spacial score (nSPS) is 10.4. The third-order valence-electron chi connectivity index (χ3n) is 3.16. The Balaban J connectivity index is 1.84. The van der Waals surface area contributed by atoms with Crippen molar-refractivity contribution in [3.8, 4) is 0 Å². The minimum absolute atomic E-state index is 0.0337. The van der Waals surface area contributed by atoms with Crippen LogP contribution in [0.2, 0.25) is 5.02 Å². The van der Waals surface area contributed by atoms with Gasteiger partial charge in [0.05, 0.1) is 5.75 Å². The number of amides is 1. The number of rotatable bonds is 5. The number of thioether (sulfide) groups is 1. The smallest absolute Gasteiger partial charge is 0.234 e. The summed E-state index contributed by atoms with van der Waals surface area (Å²) >= 11 is 7.44. The average molecular weight is 320 g/mol. The number of carbonyl (C=O) groups is 1. The lowest BCUT2D eigenvalue weighted by Gasteiger charge is -2.11. The molecule has 0 aliphatic heterocycles. The van der Waals surface area contributed by atoms with E-state index in [1.54, 1.807) is 11.8 Å². The van der Waals surface area contributed by atoms with E-state index in [9.17, 15) is 4.79 Å². The van der Waals surface area contributed by atoms with E-state index in [0.717, 1.165) is 27.6 Å².